The van der Waals surface area contributed by atoms with Crippen LogP contribution in [0.4, 0.5) is 5.69 Å². The quantitative estimate of drug-likeness (QED) is 0.394. The van der Waals surface area contributed by atoms with Crippen LogP contribution in [0.3, 0.4) is 0 Å². The molecule has 0 aliphatic rings. The van der Waals surface area contributed by atoms with E-state index in [9.17, 15) is 14.9 Å². The van der Waals surface area contributed by atoms with Gasteiger partial charge in [-0.05, 0) is 22.4 Å². The highest BCUT2D eigenvalue weighted by Gasteiger charge is 2.10. The first-order valence-electron chi connectivity index (χ1n) is 9.03. The number of nitro groups is 1. The fourth-order valence-corrected chi connectivity index (χ4v) is 3.05. The molecule has 0 fully saturated rings. The van der Waals surface area contributed by atoms with Crippen LogP contribution in [0.25, 0.3) is 22.1 Å². The molecule has 0 saturated carbocycles. The molecule has 1 N–H and O–H groups in total. The lowest BCUT2D eigenvalue weighted by Gasteiger charge is -2.03. The van der Waals surface area contributed by atoms with Gasteiger partial charge in [0.25, 0.3) is 5.69 Å². The number of carbonyl (C=O) groups excluding carboxylic acids is 1. The highest BCUT2D eigenvalue weighted by Crippen LogP contribution is 2.25. The highest BCUT2D eigenvalue weighted by molar-refractivity contribution is 5.86. The van der Waals surface area contributed by atoms with Gasteiger partial charge in [0.2, 0.25) is 5.91 Å². The average molecular weight is 387 g/mol. The summed E-state index contributed by atoms with van der Waals surface area (Å²) in [5.41, 5.74) is 2.23. The fourth-order valence-electron chi connectivity index (χ4n) is 3.05. The molecule has 7 nitrogen and oxygen atoms in total. The molecule has 0 bridgehead atoms. The Morgan fingerprint density at radius 2 is 1.76 bits per heavy atom. The van der Waals surface area contributed by atoms with E-state index >= 15 is 0 Å². The Balaban J connectivity index is 1.37. The molecule has 3 aromatic carbocycles. The molecule has 0 aliphatic carbocycles. The third-order valence-electron chi connectivity index (χ3n) is 4.57. The van der Waals surface area contributed by atoms with Crippen LogP contribution in [0.2, 0.25) is 0 Å². The Morgan fingerprint density at radius 1 is 1.00 bits per heavy atom. The molecule has 1 aromatic heterocycles. The minimum absolute atomic E-state index is 0.00187. The van der Waals surface area contributed by atoms with Crippen LogP contribution >= 0.6 is 0 Å². The molecule has 0 radical (unpaired) electrons. The van der Waals surface area contributed by atoms with Crippen molar-refractivity contribution in [3.05, 3.63) is 94.2 Å². The zero-order valence-corrected chi connectivity index (χ0v) is 15.4. The van der Waals surface area contributed by atoms with Crippen molar-refractivity contribution in [2.24, 2.45) is 0 Å². The normalized spacial score (nSPS) is 10.8. The number of amides is 1. The third kappa shape index (κ3) is 4.30. The zero-order chi connectivity index (χ0) is 20.2. The van der Waals surface area contributed by atoms with Gasteiger partial charge in [0.1, 0.15) is 5.69 Å². The van der Waals surface area contributed by atoms with E-state index < -0.39 is 4.92 Å². The number of aromatic nitrogens is 1. The lowest BCUT2D eigenvalue weighted by Crippen LogP contribution is -2.24. The minimum Gasteiger partial charge on any atom is -0.356 e. The van der Waals surface area contributed by atoms with Crippen LogP contribution in [0.15, 0.2) is 77.3 Å². The third-order valence-corrected chi connectivity index (χ3v) is 4.57. The number of carbonyl (C=O) groups is 1. The van der Waals surface area contributed by atoms with Gasteiger partial charge in [-0.15, -0.1) is 0 Å². The number of fused-ring (bicyclic) bond motifs is 1. The number of nitrogens with zero attached hydrogens (tertiary/aromatic N) is 2. The van der Waals surface area contributed by atoms with E-state index in [1.165, 1.54) is 12.1 Å². The molecule has 29 heavy (non-hydrogen) atoms. The van der Waals surface area contributed by atoms with E-state index in [2.05, 4.69) is 10.5 Å². The summed E-state index contributed by atoms with van der Waals surface area (Å²) in [4.78, 5) is 22.3. The van der Waals surface area contributed by atoms with Crippen LogP contribution in [0.5, 0.6) is 0 Å². The second-order valence-electron chi connectivity index (χ2n) is 6.62. The maximum atomic E-state index is 12.1. The highest BCUT2D eigenvalue weighted by atomic mass is 16.6. The first-order valence-corrected chi connectivity index (χ1v) is 9.03. The van der Waals surface area contributed by atoms with Crippen molar-refractivity contribution < 1.29 is 14.2 Å². The van der Waals surface area contributed by atoms with Crippen molar-refractivity contribution >= 4 is 22.4 Å². The van der Waals surface area contributed by atoms with E-state index in [-0.39, 0.29) is 24.6 Å². The lowest BCUT2D eigenvalue weighted by atomic mass is 10.1. The van der Waals surface area contributed by atoms with E-state index in [4.69, 9.17) is 4.52 Å². The van der Waals surface area contributed by atoms with Gasteiger partial charge in [0, 0.05) is 23.8 Å². The molecule has 0 atom stereocenters. The summed E-state index contributed by atoms with van der Waals surface area (Å²) in [6, 6.07) is 21.8. The topological polar surface area (TPSA) is 98.3 Å². The summed E-state index contributed by atoms with van der Waals surface area (Å²) in [6.45, 7) is 0.239. The van der Waals surface area contributed by atoms with Crippen molar-refractivity contribution in [3.63, 3.8) is 0 Å². The maximum absolute atomic E-state index is 12.1. The van der Waals surface area contributed by atoms with E-state index in [0.717, 1.165) is 16.3 Å². The first-order chi connectivity index (χ1) is 14.1. The second-order valence-corrected chi connectivity index (χ2v) is 6.62. The lowest BCUT2D eigenvalue weighted by molar-refractivity contribution is -0.384. The Labute approximate surface area is 166 Å². The summed E-state index contributed by atoms with van der Waals surface area (Å²) in [6.07, 6.45) is 0.132. The number of non-ortho nitro benzene ring substituents is 1. The molecule has 0 aliphatic heterocycles. The largest absolute Gasteiger partial charge is 0.356 e. The molecule has 7 heteroatoms. The molecule has 1 heterocycles. The van der Waals surface area contributed by atoms with Crippen LogP contribution in [-0.2, 0) is 17.8 Å². The van der Waals surface area contributed by atoms with Gasteiger partial charge in [-0.25, -0.2) is 0 Å². The van der Waals surface area contributed by atoms with E-state index in [0.29, 0.717) is 17.0 Å². The van der Waals surface area contributed by atoms with Crippen LogP contribution < -0.4 is 5.32 Å². The van der Waals surface area contributed by atoms with Crippen molar-refractivity contribution in [2.45, 2.75) is 13.0 Å². The minimum atomic E-state index is -0.471. The maximum Gasteiger partial charge on any atom is 0.269 e. The molecule has 0 saturated heterocycles. The predicted molar refractivity (Wildman–Crippen MR) is 108 cm³/mol. The number of rotatable bonds is 6. The van der Waals surface area contributed by atoms with Crippen LogP contribution in [0.1, 0.15) is 11.3 Å². The van der Waals surface area contributed by atoms with Gasteiger partial charge >= 0.3 is 0 Å². The summed E-state index contributed by atoms with van der Waals surface area (Å²) in [5, 5.41) is 19.7. The summed E-state index contributed by atoms with van der Waals surface area (Å²) in [7, 11) is 0. The molecule has 4 aromatic rings. The Bertz CT molecular complexity index is 1180. The molecule has 0 unspecified atom stereocenters. The number of benzene rings is 3. The predicted octanol–water partition coefficient (Wildman–Crippen LogP) is 4.26. The SMILES string of the molecule is O=C(Cc1ccc([N+](=O)[O-])cc1)NCc1cc(-c2ccc3ccccc3c2)on1. The summed E-state index contributed by atoms with van der Waals surface area (Å²) >= 11 is 0. The number of nitrogens with one attached hydrogen (secondary N) is 1. The second kappa shape index (κ2) is 7.93. The Hall–Kier alpha value is -4.00. The van der Waals surface area contributed by atoms with Gasteiger partial charge in [-0.1, -0.05) is 53.7 Å². The summed E-state index contributed by atoms with van der Waals surface area (Å²) < 4.78 is 5.42. The van der Waals surface area contributed by atoms with Gasteiger partial charge in [0.05, 0.1) is 17.9 Å². The van der Waals surface area contributed by atoms with E-state index in [1.54, 1.807) is 18.2 Å². The van der Waals surface area contributed by atoms with Gasteiger partial charge in [-0.2, -0.15) is 0 Å². The molecular formula is C22H17N3O4. The molecule has 0 spiro atoms. The van der Waals surface area contributed by atoms with Crippen molar-refractivity contribution in [1.82, 2.24) is 10.5 Å². The van der Waals surface area contributed by atoms with Crippen molar-refractivity contribution in [2.75, 3.05) is 0 Å². The summed E-state index contributed by atoms with van der Waals surface area (Å²) in [5.74, 6) is 0.435. The Kier molecular flexibility index (Phi) is 5.03. The number of nitro benzene ring substituents is 1. The van der Waals surface area contributed by atoms with Crippen LogP contribution in [0, 0.1) is 10.1 Å². The number of hydrogen-bond acceptors (Lipinski definition) is 5. The van der Waals surface area contributed by atoms with Gasteiger partial charge in [0.15, 0.2) is 5.76 Å². The smallest absolute Gasteiger partial charge is 0.269 e. The van der Waals surface area contributed by atoms with Gasteiger partial charge in [-0.3, -0.25) is 14.9 Å². The average Bonchev–Trinajstić information content (AvgIpc) is 3.21. The fraction of sp³-hybridized carbons (Fsp3) is 0.0909. The molecule has 1 amide bonds. The molecule has 4 rings (SSSR count). The monoisotopic (exact) mass is 387 g/mol. The van der Waals surface area contributed by atoms with Crippen LogP contribution in [-0.4, -0.2) is 16.0 Å². The Morgan fingerprint density at radius 3 is 2.52 bits per heavy atom. The van der Waals surface area contributed by atoms with E-state index in [1.807, 2.05) is 42.5 Å². The standard InChI is InChI=1S/C22H17N3O4/c26-22(11-15-5-9-20(10-6-15)25(27)28)23-14-19-13-21(29-24-19)18-8-7-16-3-1-2-4-17(16)12-18/h1-10,12-13H,11,14H2,(H,23,26). The van der Waals surface area contributed by atoms with Crippen molar-refractivity contribution in [1.29, 1.82) is 0 Å². The van der Waals surface area contributed by atoms with Gasteiger partial charge < -0.3 is 9.84 Å². The van der Waals surface area contributed by atoms with Crippen molar-refractivity contribution in [3.8, 4) is 11.3 Å². The molecule has 144 valence electrons. The first kappa shape index (κ1) is 18.4. The molecular weight excluding hydrogens is 370 g/mol. The number of hydrogen-bond donors (Lipinski definition) is 1. The zero-order valence-electron chi connectivity index (χ0n) is 15.4.